The second-order valence-electron chi connectivity index (χ2n) is 12.5. The van der Waals surface area contributed by atoms with Gasteiger partial charge in [0.25, 0.3) is 5.91 Å². The number of fused-ring (bicyclic) bond motifs is 3. The van der Waals surface area contributed by atoms with Crippen molar-refractivity contribution in [3.63, 3.8) is 0 Å². The van der Waals surface area contributed by atoms with Crippen molar-refractivity contribution < 1.29 is 23.8 Å². The van der Waals surface area contributed by atoms with E-state index in [1.54, 1.807) is 32.9 Å². The molecule has 0 bridgehead atoms. The van der Waals surface area contributed by atoms with Gasteiger partial charge in [0.1, 0.15) is 23.7 Å². The maximum atomic E-state index is 14.3. The molecule has 1 saturated heterocycles. The SMILES string of the molecule is COc1cc2c(cc1-c1ccn(C)n1)-c1c(c(C(=O)N3CCN(C(=O)OC(C)(C)C)CC3(C)C)nn1-c1ccsc1)CO2. The molecule has 43 heavy (non-hydrogen) atoms. The number of methoxy groups -OCH3 is 1. The van der Waals surface area contributed by atoms with Crippen molar-refractivity contribution in [2.75, 3.05) is 26.7 Å². The summed E-state index contributed by atoms with van der Waals surface area (Å²) in [5.74, 6) is 1.08. The highest BCUT2D eigenvalue weighted by Crippen LogP contribution is 2.46. The molecule has 2 aliphatic rings. The first-order chi connectivity index (χ1) is 20.4. The van der Waals surface area contributed by atoms with Crippen LogP contribution in [0.4, 0.5) is 4.79 Å². The number of aryl methyl sites for hydroxylation is 1. The van der Waals surface area contributed by atoms with Gasteiger partial charge in [-0.3, -0.25) is 9.48 Å². The topological polar surface area (TPSA) is 104 Å². The fourth-order valence-corrected chi connectivity index (χ4v) is 6.30. The number of carbonyl (C=O) groups is 2. The van der Waals surface area contributed by atoms with E-state index in [1.165, 1.54) is 0 Å². The lowest BCUT2D eigenvalue weighted by Gasteiger charge is -2.46. The Kier molecular flexibility index (Phi) is 6.99. The molecule has 226 valence electrons. The van der Waals surface area contributed by atoms with Gasteiger partial charge in [-0.05, 0) is 58.2 Å². The summed E-state index contributed by atoms with van der Waals surface area (Å²) in [4.78, 5) is 30.6. The number of aromatic nitrogens is 4. The van der Waals surface area contributed by atoms with Crippen molar-refractivity contribution in [2.45, 2.75) is 52.4 Å². The molecule has 12 heteroatoms. The van der Waals surface area contributed by atoms with Crippen LogP contribution in [0.2, 0.25) is 0 Å². The number of benzene rings is 1. The Labute approximate surface area is 254 Å². The standard InChI is InChI=1S/C31H36N6O5S/c1-30(2,3)42-29(39)35-11-12-36(31(4,5)18-35)28(38)26-22-16-41-25-15-24(40-7)20(23-8-10-34(6)32-23)14-21(25)27(22)37(33-26)19-9-13-43-17-19/h8-10,13-15,17H,11-12,16,18H2,1-7H3. The van der Waals surface area contributed by atoms with Crippen molar-refractivity contribution >= 4 is 23.3 Å². The van der Waals surface area contributed by atoms with Crippen LogP contribution in [0.15, 0.2) is 41.2 Å². The Morgan fingerprint density at radius 3 is 2.51 bits per heavy atom. The summed E-state index contributed by atoms with van der Waals surface area (Å²) in [5, 5.41) is 13.5. The third kappa shape index (κ3) is 5.24. The fraction of sp³-hybridized carbons (Fsp3) is 0.419. The van der Waals surface area contributed by atoms with Gasteiger partial charge in [-0.15, -0.1) is 0 Å². The summed E-state index contributed by atoms with van der Waals surface area (Å²) >= 11 is 1.56. The van der Waals surface area contributed by atoms with Gasteiger partial charge in [0.05, 0.1) is 29.7 Å². The van der Waals surface area contributed by atoms with E-state index in [0.717, 1.165) is 28.2 Å². The minimum absolute atomic E-state index is 0.179. The van der Waals surface area contributed by atoms with E-state index in [9.17, 15) is 9.59 Å². The van der Waals surface area contributed by atoms with Crippen LogP contribution < -0.4 is 9.47 Å². The summed E-state index contributed by atoms with van der Waals surface area (Å²) in [6, 6.07) is 7.78. The van der Waals surface area contributed by atoms with Gasteiger partial charge in [0.2, 0.25) is 0 Å². The number of thiophene rings is 1. The molecule has 0 N–H and O–H groups in total. The van der Waals surface area contributed by atoms with Crippen LogP contribution in [0, 0.1) is 0 Å². The van der Waals surface area contributed by atoms with Crippen molar-refractivity contribution in [2.24, 2.45) is 7.05 Å². The predicted molar refractivity (Wildman–Crippen MR) is 163 cm³/mol. The lowest BCUT2D eigenvalue weighted by atomic mass is 9.96. The van der Waals surface area contributed by atoms with E-state index < -0.39 is 11.1 Å². The summed E-state index contributed by atoms with van der Waals surface area (Å²) < 4.78 is 21.1. The van der Waals surface area contributed by atoms with E-state index in [0.29, 0.717) is 42.4 Å². The number of hydrogen-bond acceptors (Lipinski definition) is 8. The number of piperazine rings is 1. The first-order valence-electron chi connectivity index (χ1n) is 14.2. The van der Waals surface area contributed by atoms with Gasteiger partial charge < -0.3 is 24.0 Å². The van der Waals surface area contributed by atoms with Crippen LogP contribution in [0.1, 0.15) is 50.7 Å². The summed E-state index contributed by atoms with van der Waals surface area (Å²) in [7, 11) is 3.49. The number of nitrogens with zero attached hydrogens (tertiary/aromatic N) is 6. The Morgan fingerprint density at radius 1 is 1.09 bits per heavy atom. The summed E-state index contributed by atoms with van der Waals surface area (Å²) in [6.07, 6.45) is 1.50. The van der Waals surface area contributed by atoms with E-state index in [-0.39, 0.29) is 18.6 Å². The van der Waals surface area contributed by atoms with Gasteiger partial charge in [-0.2, -0.15) is 21.5 Å². The van der Waals surface area contributed by atoms with Gasteiger partial charge in [-0.1, -0.05) is 0 Å². The second-order valence-corrected chi connectivity index (χ2v) is 13.2. The quantitative estimate of drug-likeness (QED) is 0.308. The smallest absolute Gasteiger partial charge is 0.410 e. The molecule has 0 unspecified atom stereocenters. The Morgan fingerprint density at radius 2 is 1.88 bits per heavy atom. The monoisotopic (exact) mass is 604 g/mol. The number of ether oxygens (including phenoxy) is 3. The minimum Gasteiger partial charge on any atom is -0.496 e. The van der Waals surface area contributed by atoms with Gasteiger partial charge in [0, 0.05) is 61.0 Å². The Bertz CT molecular complexity index is 1700. The first-order valence-corrected chi connectivity index (χ1v) is 15.1. The molecule has 4 aromatic rings. The van der Waals surface area contributed by atoms with Gasteiger partial charge in [-0.25, -0.2) is 9.48 Å². The fourth-order valence-electron chi connectivity index (χ4n) is 5.68. The van der Waals surface area contributed by atoms with E-state index >= 15 is 0 Å². The van der Waals surface area contributed by atoms with Crippen molar-refractivity contribution in [3.8, 4) is 39.7 Å². The van der Waals surface area contributed by atoms with Crippen LogP contribution in [0.25, 0.3) is 28.2 Å². The first kappa shape index (κ1) is 28.8. The molecule has 5 heterocycles. The largest absolute Gasteiger partial charge is 0.496 e. The number of rotatable bonds is 4. The molecular formula is C31H36N6O5S. The molecule has 0 saturated carbocycles. The third-order valence-electron chi connectivity index (χ3n) is 7.65. The van der Waals surface area contributed by atoms with E-state index in [1.807, 2.05) is 87.6 Å². The highest BCUT2D eigenvalue weighted by molar-refractivity contribution is 7.08. The molecule has 0 spiro atoms. The molecule has 0 atom stereocenters. The van der Waals surface area contributed by atoms with Crippen molar-refractivity contribution in [1.29, 1.82) is 0 Å². The lowest BCUT2D eigenvalue weighted by Crippen LogP contribution is -2.62. The molecule has 0 radical (unpaired) electrons. The highest BCUT2D eigenvalue weighted by atomic mass is 32.1. The number of amides is 2. The average Bonchev–Trinajstić information content (AvgIpc) is 3.70. The lowest BCUT2D eigenvalue weighted by molar-refractivity contribution is -0.0111. The Hall–Kier alpha value is -4.32. The van der Waals surface area contributed by atoms with E-state index in [4.69, 9.17) is 19.3 Å². The highest BCUT2D eigenvalue weighted by Gasteiger charge is 2.42. The molecule has 11 nitrogen and oxygen atoms in total. The van der Waals surface area contributed by atoms with Crippen LogP contribution in [0.5, 0.6) is 11.5 Å². The molecule has 1 fully saturated rings. The number of carbonyl (C=O) groups excluding carboxylic acids is 2. The van der Waals surface area contributed by atoms with Crippen LogP contribution in [-0.2, 0) is 18.4 Å². The van der Waals surface area contributed by atoms with Gasteiger partial charge >= 0.3 is 6.09 Å². The van der Waals surface area contributed by atoms with Crippen LogP contribution in [-0.4, -0.2) is 79.2 Å². The summed E-state index contributed by atoms with van der Waals surface area (Å²) in [6.45, 7) is 10.7. The molecule has 0 aliphatic carbocycles. The zero-order chi connectivity index (χ0) is 30.7. The molecule has 6 rings (SSSR count). The molecule has 3 aromatic heterocycles. The predicted octanol–water partition coefficient (Wildman–Crippen LogP) is 5.37. The maximum absolute atomic E-state index is 14.3. The van der Waals surface area contributed by atoms with Crippen LogP contribution >= 0.6 is 11.3 Å². The average molecular weight is 605 g/mol. The minimum atomic E-state index is -0.655. The number of hydrogen-bond donors (Lipinski definition) is 0. The zero-order valence-corrected chi connectivity index (χ0v) is 26.3. The van der Waals surface area contributed by atoms with Crippen LogP contribution in [0.3, 0.4) is 0 Å². The normalized spacial score (nSPS) is 15.9. The zero-order valence-electron chi connectivity index (χ0n) is 25.5. The molecule has 2 aliphatic heterocycles. The third-order valence-corrected chi connectivity index (χ3v) is 8.32. The molecule has 1 aromatic carbocycles. The molecular weight excluding hydrogens is 568 g/mol. The molecule has 2 amide bonds. The van der Waals surface area contributed by atoms with E-state index in [2.05, 4.69) is 5.10 Å². The summed E-state index contributed by atoms with van der Waals surface area (Å²) in [5.41, 5.74) is 3.82. The van der Waals surface area contributed by atoms with Crippen molar-refractivity contribution in [3.05, 3.63) is 52.5 Å². The van der Waals surface area contributed by atoms with Crippen molar-refractivity contribution in [1.82, 2.24) is 29.4 Å². The Balaban J connectivity index is 1.41. The second kappa shape index (κ2) is 10.4. The maximum Gasteiger partial charge on any atom is 0.410 e. The van der Waals surface area contributed by atoms with Gasteiger partial charge in [0.15, 0.2) is 5.69 Å².